The number of aromatic nitrogens is 2. The summed E-state index contributed by atoms with van der Waals surface area (Å²) >= 11 is 0. The third-order valence-corrected chi connectivity index (χ3v) is 6.18. The van der Waals surface area contributed by atoms with Crippen molar-refractivity contribution >= 4 is 22.0 Å². The molecule has 2 aliphatic heterocycles. The predicted octanol–water partition coefficient (Wildman–Crippen LogP) is 2.99. The van der Waals surface area contributed by atoms with Crippen molar-refractivity contribution in [2.75, 3.05) is 53.0 Å². The number of nitrogens with one attached hydrogen (secondary N) is 1. The largest absolute Gasteiger partial charge is 0.441 e. The van der Waals surface area contributed by atoms with Crippen molar-refractivity contribution in [1.82, 2.24) is 19.8 Å². The van der Waals surface area contributed by atoms with Crippen molar-refractivity contribution in [3.05, 3.63) is 29.8 Å². The standard InChI is InChI=1S/C21H28N4O2/c1-24-7-4-15(5-8-24)16-14-22-17-2-3-18-21(20(16)17)23-19(27-18)6-9-25-10-12-26-13-11-25/h2-3,14-15,22H,4-13H2,1H3. The van der Waals surface area contributed by atoms with E-state index in [9.17, 15) is 0 Å². The molecule has 0 unspecified atom stereocenters. The molecule has 6 heteroatoms. The smallest absolute Gasteiger partial charge is 0.196 e. The highest BCUT2D eigenvalue weighted by Crippen LogP contribution is 2.36. The molecule has 5 rings (SSSR count). The molecule has 2 fully saturated rings. The van der Waals surface area contributed by atoms with Crippen molar-refractivity contribution in [2.24, 2.45) is 0 Å². The van der Waals surface area contributed by atoms with Crippen molar-refractivity contribution in [3.63, 3.8) is 0 Å². The number of ether oxygens (including phenoxy) is 1. The summed E-state index contributed by atoms with van der Waals surface area (Å²) in [6.07, 6.45) is 5.47. The molecule has 4 heterocycles. The number of fused-ring (bicyclic) bond motifs is 3. The van der Waals surface area contributed by atoms with Crippen molar-refractivity contribution in [3.8, 4) is 0 Å². The lowest BCUT2D eigenvalue weighted by atomic mass is 9.89. The van der Waals surface area contributed by atoms with Crippen LogP contribution in [0.2, 0.25) is 0 Å². The lowest BCUT2D eigenvalue weighted by molar-refractivity contribution is 0.0378. The number of hydrogen-bond donors (Lipinski definition) is 1. The number of benzene rings is 1. The number of H-pyrrole nitrogens is 1. The molecule has 6 nitrogen and oxygen atoms in total. The molecule has 27 heavy (non-hydrogen) atoms. The van der Waals surface area contributed by atoms with Gasteiger partial charge in [-0.2, -0.15) is 0 Å². The summed E-state index contributed by atoms with van der Waals surface area (Å²) in [5, 5.41) is 1.27. The van der Waals surface area contributed by atoms with Gasteiger partial charge in [-0.25, -0.2) is 4.98 Å². The molecule has 2 saturated heterocycles. The molecule has 3 aromatic rings. The van der Waals surface area contributed by atoms with E-state index < -0.39 is 0 Å². The molecule has 0 bridgehead atoms. The van der Waals surface area contributed by atoms with Crippen LogP contribution in [-0.2, 0) is 11.2 Å². The molecule has 0 amide bonds. The predicted molar refractivity (Wildman–Crippen MR) is 106 cm³/mol. The molecule has 1 N–H and O–H groups in total. The summed E-state index contributed by atoms with van der Waals surface area (Å²) < 4.78 is 11.5. The Morgan fingerprint density at radius 1 is 1.15 bits per heavy atom. The van der Waals surface area contributed by atoms with Gasteiger partial charge in [-0.3, -0.25) is 4.90 Å². The highest BCUT2D eigenvalue weighted by atomic mass is 16.5. The maximum atomic E-state index is 6.10. The molecular weight excluding hydrogens is 340 g/mol. The Bertz CT molecular complexity index is 917. The van der Waals surface area contributed by atoms with Crippen molar-refractivity contribution in [2.45, 2.75) is 25.2 Å². The number of nitrogens with zero attached hydrogens (tertiary/aromatic N) is 3. The van der Waals surface area contributed by atoms with Crippen LogP contribution in [0.4, 0.5) is 0 Å². The fourth-order valence-electron chi connectivity index (χ4n) is 4.51. The molecule has 0 saturated carbocycles. The molecule has 0 aliphatic carbocycles. The second kappa shape index (κ2) is 7.26. The molecule has 0 atom stereocenters. The van der Waals surface area contributed by atoms with E-state index in [2.05, 4.69) is 40.2 Å². The first-order valence-corrected chi connectivity index (χ1v) is 10.2. The highest BCUT2D eigenvalue weighted by Gasteiger charge is 2.23. The molecule has 0 spiro atoms. The zero-order valence-corrected chi connectivity index (χ0v) is 16.0. The Morgan fingerprint density at radius 2 is 1.96 bits per heavy atom. The maximum absolute atomic E-state index is 6.10. The van der Waals surface area contributed by atoms with E-state index >= 15 is 0 Å². The summed E-state index contributed by atoms with van der Waals surface area (Å²) in [4.78, 5) is 13.2. The van der Waals surface area contributed by atoms with Gasteiger partial charge in [0.25, 0.3) is 0 Å². The van der Waals surface area contributed by atoms with Crippen LogP contribution in [0.3, 0.4) is 0 Å². The molecule has 0 radical (unpaired) electrons. The minimum atomic E-state index is 0.606. The molecule has 144 valence electrons. The highest BCUT2D eigenvalue weighted by molar-refractivity contribution is 6.04. The van der Waals surface area contributed by atoms with E-state index in [4.69, 9.17) is 14.1 Å². The summed E-state index contributed by atoms with van der Waals surface area (Å²) in [5.74, 6) is 1.45. The van der Waals surface area contributed by atoms with Crippen molar-refractivity contribution < 1.29 is 9.15 Å². The van der Waals surface area contributed by atoms with E-state index in [-0.39, 0.29) is 0 Å². The van der Waals surface area contributed by atoms with Crippen LogP contribution in [-0.4, -0.2) is 72.8 Å². The van der Waals surface area contributed by atoms with E-state index in [0.29, 0.717) is 5.92 Å². The molecular formula is C21H28N4O2. The zero-order chi connectivity index (χ0) is 18.2. The monoisotopic (exact) mass is 368 g/mol. The van der Waals surface area contributed by atoms with Gasteiger partial charge in [-0.15, -0.1) is 0 Å². The van der Waals surface area contributed by atoms with Gasteiger partial charge in [0.15, 0.2) is 11.5 Å². The van der Waals surface area contributed by atoms with Gasteiger partial charge in [0.1, 0.15) is 5.52 Å². The summed E-state index contributed by atoms with van der Waals surface area (Å²) in [5.41, 5.74) is 4.52. The van der Waals surface area contributed by atoms with E-state index in [1.165, 1.54) is 29.3 Å². The second-order valence-corrected chi connectivity index (χ2v) is 7.97. The van der Waals surface area contributed by atoms with Gasteiger partial charge in [-0.05, 0) is 56.6 Å². The molecule has 1 aromatic carbocycles. The first-order valence-electron chi connectivity index (χ1n) is 10.2. The number of aromatic amines is 1. The Kier molecular flexibility index (Phi) is 4.63. The quantitative estimate of drug-likeness (QED) is 0.767. The van der Waals surface area contributed by atoms with E-state index in [1.54, 1.807) is 0 Å². The van der Waals surface area contributed by atoms with Gasteiger partial charge in [0.05, 0.1) is 13.2 Å². The number of likely N-dealkylation sites (tertiary alicyclic amines) is 1. The van der Waals surface area contributed by atoms with Crippen LogP contribution in [0.15, 0.2) is 22.7 Å². The van der Waals surface area contributed by atoms with Crippen LogP contribution in [0.25, 0.3) is 22.0 Å². The van der Waals surface area contributed by atoms with E-state index in [0.717, 1.165) is 69.3 Å². The average Bonchev–Trinajstić information content (AvgIpc) is 3.31. The topological polar surface area (TPSA) is 57.5 Å². The van der Waals surface area contributed by atoms with Crippen LogP contribution < -0.4 is 0 Å². The van der Waals surface area contributed by atoms with Crippen LogP contribution in [0.1, 0.15) is 30.2 Å². The van der Waals surface area contributed by atoms with E-state index in [1.807, 2.05) is 0 Å². The Balaban J connectivity index is 1.43. The zero-order valence-electron chi connectivity index (χ0n) is 16.0. The average molecular weight is 368 g/mol. The minimum absolute atomic E-state index is 0.606. The van der Waals surface area contributed by atoms with Crippen LogP contribution in [0.5, 0.6) is 0 Å². The summed E-state index contributed by atoms with van der Waals surface area (Å²) in [7, 11) is 2.21. The first-order chi connectivity index (χ1) is 13.3. The summed E-state index contributed by atoms with van der Waals surface area (Å²) in [6, 6.07) is 4.19. The lowest BCUT2D eigenvalue weighted by Crippen LogP contribution is -2.37. The fourth-order valence-corrected chi connectivity index (χ4v) is 4.51. The number of rotatable bonds is 4. The number of hydrogen-bond acceptors (Lipinski definition) is 5. The Morgan fingerprint density at radius 3 is 2.78 bits per heavy atom. The third kappa shape index (κ3) is 3.37. The number of oxazole rings is 1. The Labute approximate surface area is 159 Å². The fraction of sp³-hybridized carbons (Fsp3) is 0.571. The summed E-state index contributed by atoms with van der Waals surface area (Å²) in [6.45, 7) is 6.97. The SMILES string of the molecule is CN1CCC(c2c[nH]c3ccc4oc(CCN5CCOCC5)nc4c23)CC1. The molecule has 2 aromatic heterocycles. The first kappa shape index (κ1) is 17.2. The van der Waals surface area contributed by atoms with Gasteiger partial charge < -0.3 is 19.0 Å². The maximum Gasteiger partial charge on any atom is 0.196 e. The van der Waals surface area contributed by atoms with Gasteiger partial charge in [0, 0.05) is 43.2 Å². The van der Waals surface area contributed by atoms with Gasteiger partial charge in [0.2, 0.25) is 0 Å². The van der Waals surface area contributed by atoms with Gasteiger partial charge >= 0.3 is 0 Å². The second-order valence-electron chi connectivity index (χ2n) is 7.97. The van der Waals surface area contributed by atoms with Gasteiger partial charge in [-0.1, -0.05) is 0 Å². The van der Waals surface area contributed by atoms with Crippen LogP contribution in [0, 0.1) is 0 Å². The third-order valence-electron chi connectivity index (χ3n) is 6.18. The minimum Gasteiger partial charge on any atom is -0.441 e. The number of morpholine rings is 1. The van der Waals surface area contributed by atoms with Crippen LogP contribution >= 0.6 is 0 Å². The van der Waals surface area contributed by atoms with Crippen molar-refractivity contribution in [1.29, 1.82) is 0 Å². The normalized spacial score (nSPS) is 20.8. The Hall–Kier alpha value is -1.89. The molecule has 2 aliphatic rings. The number of piperidine rings is 1. The lowest BCUT2D eigenvalue weighted by Gasteiger charge is -2.28.